The molecule has 0 heterocycles. The molecule has 1 N–H and O–H groups in total. The third-order valence-electron chi connectivity index (χ3n) is 2.85. The van der Waals surface area contributed by atoms with Crippen molar-refractivity contribution in [3.63, 3.8) is 0 Å². The Morgan fingerprint density at radius 1 is 1.30 bits per heavy atom. The molecule has 110 valence electrons. The third-order valence-corrected chi connectivity index (χ3v) is 2.85. The summed E-state index contributed by atoms with van der Waals surface area (Å²) >= 11 is 0. The lowest BCUT2D eigenvalue weighted by Crippen LogP contribution is -2.11. The first-order valence-corrected chi connectivity index (χ1v) is 7.02. The minimum Gasteiger partial charge on any atom is -0.395 e. The van der Waals surface area contributed by atoms with E-state index in [-0.39, 0.29) is 25.1 Å². The lowest BCUT2D eigenvalue weighted by molar-refractivity contribution is 0.0382. The van der Waals surface area contributed by atoms with E-state index in [1.165, 1.54) is 6.07 Å². The van der Waals surface area contributed by atoms with Gasteiger partial charge in [0.15, 0.2) is 0 Å². The van der Waals surface area contributed by atoms with Crippen molar-refractivity contribution in [2.24, 2.45) is 5.92 Å². The van der Waals surface area contributed by atoms with Gasteiger partial charge in [-0.1, -0.05) is 31.8 Å². The van der Waals surface area contributed by atoms with Gasteiger partial charge >= 0.3 is 0 Å². The smallest absolute Gasteiger partial charge is 0.129 e. The molecule has 0 aliphatic heterocycles. The van der Waals surface area contributed by atoms with Gasteiger partial charge in [-0.05, 0) is 31.4 Å². The van der Waals surface area contributed by atoms with Crippen LogP contribution >= 0.6 is 0 Å². The molecule has 0 saturated carbocycles. The zero-order valence-electron chi connectivity index (χ0n) is 12.4. The molecule has 0 fully saturated rings. The van der Waals surface area contributed by atoms with E-state index in [2.05, 4.69) is 25.7 Å². The van der Waals surface area contributed by atoms with E-state index in [9.17, 15) is 4.39 Å². The van der Waals surface area contributed by atoms with Gasteiger partial charge in [0.2, 0.25) is 0 Å². The van der Waals surface area contributed by atoms with Crippen LogP contribution in [0.4, 0.5) is 4.39 Å². The average molecular weight is 278 g/mol. The number of ether oxygens (including phenoxy) is 1. The van der Waals surface area contributed by atoms with E-state index in [1.54, 1.807) is 12.1 Å². The fourth-order valence-corrected chi connectivity index (χ4v) is 1.93. The van der Waals surface area contributed by atoms with E-state index in [0.717, 1.165) is 6.42 Å². The van der Waals surface area contributed by atoms with Crippen molar-refractivity contribution in [2.45, 2.75) is 46.3 Å². The molecule has 2 nitrogen and oxygen atoms in total. The van der Waals surface area contributed by atoms with Crippen LogP contribution in [0.3, 0.4) is 0 Å². The first-order chi connectivity index (χ1) is 9.52. The molecule has 0 aliphatic carbocycles. The summed E-state index contributed by atoms with van der Waals surface area (Å²) in [6, 6.07) is 4.90. The van der Waals surface area contributed by atoms with Gasteiger partial charge in [-0.15, -0.1) is 0 Å². The van der Waals surface area contributed by atoms with Crippen LogP contribution in [0.5, 0.6) is 0 Å². The Labute approximate surface area is 121 Å². The monoisotopic (exact) mass is 278 g/mol. The quantitative estimate of drug-likeness (QED) is 0.807. The first kappa shape index (κ1) is 16.7. The number of benzene rings is 1. The number of hydrogen-bond acceptors (Lipinski definition) is 2. The maximum absolute atomic E-state index is 13.9. The zero-order valence-corrected chi connectivity index (χ0v) is 12.4. The summed E-state index contributed by atoms with van der Waals surface area (Å²) < 4.78 is 19.5. The van der Waals surface area contributed by atoms with E-state index in [4.69, 9.17) is 9.84 Å². The maximum Gasteiger partial charge on any atom is 0.129 e. The lowest BCUT2D eigenvalue weighted by atomic mass is 10.1. The van der Waals surface area contributed by atoms with Gasteiger partial charge in [-0.25, -0.2) is 4.39 Å². The Morgan fingerprint density at radius 3 is 2.65 bits per heavy atom. The van der Waals surface area contributed by atoms with Crippen molar-refractivity contribution in [2.75, 3.05) is 6.61 Å². The molecule has 0 aromatic heterocycles. The van der Waals surface area contributed by atoms with E-state index < -0.39 is 0 Å². The summed E-state index contributed by atoms with van der Waals surface area (Å²) in [5.74, 6) is 5.86. The highest BCUT2D eigenvalue weighted by molar-refractivity contribution is 5.36. The van der Waals surface area contributed by atoms with Gasteiger partial charge < -0.3 is 9.84 Å². The summed E-state index contributed by atoms with van der Waals surface area (Å²) in [7, 11) is 0. The predicted octanol–water partition coefficient (Wildman–Crippen LogP) is 3.51. The fraction of sp³-hybridized carbons (Fsp3) is 0.529. The second-order valence-electron chi connectivity index (χ2n) is 5.33. The van der Waals surface area contributed by atoms with Crippen LogP contribution in [-0.4, -0.2) is 17.8 Å². The molecule has 0 aliphatic rings. The maximum atomic E-state index is 13.9. The molecule has 0 radical (unpaired) electrons. The topological polar surface area (TPSA) is 29.5 Å². The van der Waals surface area contributed by atoms with Crippen LogP contribution in [0.25, 0.3) is 0 Å². The summed E-state index contributed by atoms with van der Waals surface area (Å²) in [5, 5.41) is 8.63. The van der Waals surface area contributed by atoms with Crippen LogP contribution in [0.1, 0.15) is 44.7 Å². The van der Waals surface area contributed by atoms with Crippen molar-refractivity contribution >= 4 is 0 Å². The Bertz CT molecular complexity index is 472. The van der Waals surface area contributed by atoms with Crippen LogP contribution in [-0.2, 0) is 11.3 Å². The largest absolute Gasteiger partial charge is 0.395 e. The molecule has 0 spiro atoms. The molecule has 0 saturated heterocycles. The lowest BCUT2D eigenvalue weighted by Gasteiger charge is -2.15. The minimum atomic E-state index is -0.294. The van der Waals surface area contributed by atoms with Crippen molar-refractivity contribution in [3.05, 3.63) is 35.1 Å². The molecule has 1 rings (SSSR count). The van der Waals surface area contributed by atoms with Gasteiger partial charge in [-0.3, -0.25) is 0 Å². The number of aliphatic hydroxyl groups excluding tert-OH is 1. The molecule has 20 heavy (non-hydrogen) atoms. The number of rotatable bonds is 6. The third kappa shape index (κ3) is 6.18. The van der Waals surface area contributed by atoms with Crippen molar-refractivity contribution < 1.29 is 14.2 Å². The van der Waals surface area contributed by atoms with Crippen LogP contribution in [0.2, 0.25) is 0 Å². The molecule has 1 atom stereocenters. The van der Waals surface area contributed by atoms with Crippen LogP contribution < -0.4 is 0 Å². The van der Waals surface area contributed by atoms with Crippen LogP contribution in [0.15, 0.2) is 18.2 Å². The molecule has 0 amide bonds. The van der Waals surface area contributed by atoms with Crippen molar-refractivity contribution in [1.29, 1.82) is 0 Å². The summed E-state index contributed by atoms with van der Waals surface area (Å²) in [6.07, 6.45) is 1.49. The standard InChI is InChI=1S/C17H23FO2/c1-13(2)10-14(3)20-12-16-8-7-15(11-17(16)18)6-4-5-9-19/h7-8,11,13-14,19H,5,9-10,12H2,1-3H3. The second kappa shape index (κ2) is 8.73. The SMILES string of the molecule is CC(C)CC(C)OCc1ccc(C#CCCO)cc1F. The van der Waals surface area contributed by atoms with Gasteiger partial charge in [0.1, 0.15) is 5.82 Å². The van der Waals surface area contributed by atoms with Crippen molar-refractivity contribution in [1.82, 2.24) is 0 Å². The summed E-state index contributed by atoms with van der Waals surface area (Å²) in [6.45, 7) is 6.59. The van der Waals surface area contributed by atoms with Gasteiger partial charge in [0.25, 0.3) is 0 Å². The normalized spacial score (nSPS) is 12.1. The van der Waals surface area contributed by atoms with Gasteiger partial charge in [0.05, 0.1) is 19.3 Å². The number of aliphatic hydroxyl groups is 1. The molecule has 0 bridgehead atoms. The minimum absolute atomic E-state index is 0.0230. The molecular formula is C17H23FO2. The molecule has 1 aromatic carbocycles. The second-order valence-corrected chi connectivity index (χ2v) is 5.33. The van der Waals surface area contributed by atoms with Crippen LogP contribution in [0, 0.1) is 23.6 Å². The fourth-order valence-electron chi connectivity index (χ4n) is 1.93. The number of halogens is 1. The van der Waals surface area contributed by atoms with E-state index >= 15 is 0 Å². The summed E-state index contributed by atoms with van der Waals surface area (Å²) in [5.41, 5.74) is 1.17. The highest BCUT2D eigenvalue weighted by Crippen LogP contribution is 2.14. The Hall–Kier alpha value is -1.37. The zero-order chi connectivity index (χ0) is 15.0. The first-order valence-electron chi connectivity index (χ1n) is 7.02. The van der Waals surface area contributed by atoms with E-state index in [1.807, 2.05) is 6.92 Å². The van der Waals surface area contributed by atoms with Gasteiger partial charge in [0, 0.05) is 17.5 Å². The highest BCUT2D eigenvalue weighted by Gasteiger charge is 2.08. The molecule has 3 heteroatoms. The Balaban J connectivity index is 2.58. The predicted molar refractivity (Wildman–Crippen MR) is 78.7 cm³/mol. The number of hydrogen-bond donors (Lipinski definition) is 1. The van der Waals surface area contributed by atoms with Gasteiger partial charge in [-0.2, -0.15) is 0 Å². The average Bonchev–Trinajstić information content (AvgIpc) is 2.37. The van der Waals surface area contributed by atoms with Crippen molar-refractivity contribution in [3.8, 4) is 11.8 Å². The highest BCUT2D eigenvalue weighted by atomic mass is 19.1. The Morgan fingerprint density at radius 2 is 2.05 bits per heavy atom. The Kier molecular flexibility index (Phi) is 7.28. The molecule has 1 unspecified atom stereocenters. The van der Waals surface area contributed by atoms with E-state index in [0.29, 0.717) is 23.5 Å². The summed E-state index contributed by atoms with van der Waals surface area (Å²) in [4.78, 5) is 0. The molecular weight excluding hydrogens is 255 g/mol. The molecule has 1 aromatic rings.